The lowest BCUT2D eigenvalue weighted by Gasteiger charge is -2.63. The van der Waals surface area contributed by atoms with Crippen LogP contribution in [0, 0.1) is 18.2 Å². The van der Waals surface area contributed by atoms with Crippen LogP contribution in [0.2, 0.25) is 0 Å². The maximum Gasteiger partial charge on any atom is 0.341 e. The molecule has 9 rings (SSSR count). The molecule has 290 valence electrons. The molecule has 1 aliphatic carbocycles. The predicted octanol–water partition coefficient (Wildman–Crippen LogP) is 9.00. The zero-order chi connectivity index (χ0) is 38.7. The van der Waals surface area contributed by atoms with Crippen molar-refractivity contribution in [3.05, 3.63) is 113 Å². The molecule has 1 N–H and O–H groups in total. The molecule has 1 atom stereocenters. The number of ether oxygens (including phenoxy) is 3. The van der Waals surface area contributed by atoms with Crippen molar-refractivity contribution in [2.75, 3.05) is 51.8 Å². The van der Waals surface area contributed by atoms with Crippen LogP contribution in [0.25, 0.3) is 22.0 Å². The average molecular weight is 758 g/mol. The highest BCUT2D eigenvalue weighted by atomic mass is 19.1. The van der Waals surface area contributed by atoms with Crippen LogP contribution in [0.4, 0.5) is 10.1 Å². The lowest BCUT2D eigenvalue weighted by Crippen LogP contribution is -2.68. The molecule has 3 fully saturated rings. The van der Waals surface area contributed by atoms with Gasteiger partial charge in [-0.05, 0) is 78.8 Å². The molecule has 10 nitrogen and oxygen atoms in total. The van der Waals surface area contributed by atoms with Crippen molar-refractivity contribution in [2.45, 2.75) is 58.2 Å². The van der Waals surface area contributed by atoms with Gasteiger partial charge in [0.25, 0.3) is 0 Å². The van der Waals surface area contributed by atoms with Gasteiger partial charge < -0.3 is 28.5 Å². The smallest absolute Gasteiger partial charge is 0.341 e. The minimum Gasteiger partial charge on any atom is -0.493 e. The summed E-state index contributed by atoms with van der Waals surface area (Å²) in [5, 5.41) is 1.40. The number of aromatic nitrogens is 2. The number of aryl methyl sites for hydroxylation is 1. The summed E-state index contributed by atoms with van der Waals surface area (Å²) in [5.41, 5.74) is 6.86. The Hall–Kier alpha value is -5.39. The van der Waals surface area contributed by atoms with E-state index in [2.05, 4.69) is 81.0 Å². The van der Waals surface area contributed by atoms with E-state index in [-0.39, 0.29) is 5.41 Å². The number of hydrogen-bond donors (Lipinski definition) is 1. The van der Waals surface area contributed by atoms with E-state index in [1.54, 1.807) is 19.2 Å². The molecule has 1 spiro atoms. The molecule has 5 heterocycles. The first-order valence-electron chi connectivity index (χ1n) is 19.5. The van der Waals surface area contributed by atoms with E-state index < -0.39 is 11.8 Å². The van der Waals surface area contributed by atoms with Gasteiger partial charge in [0.05, 0.1) is 25.8 Å². The number of halogens is 1. The number of methoxy groups -OCH3 is 2. The summed E-state index contributed by atoms with van der Waals surface area (Å²) in [6.07, 6.45) is 5.08. The predicted molar refractivity (Wildman–Crippen MR) is 214 cm³/mol. The number of furan rings is 1. The third-order valence-corrected chi connectivity index (χ3v) is 12.2. The standard InChI is InChI=1S/C45H48FN5O5/c1-27(2)34-8-6-7-9-35(34)39-24-49(23-29-15-30-14-28(3)55-42(30)41(16-29)53-4)12-13-51(39)32-19-45(20-32)25-50(26-45)31-10-11-36(44(52)54-5)40(17-31)56-33-18-37-38(46)22-48-43(37)47-21-33/h6-11,14-18,21-22,27,32,39H,12-13,19-20,23-26H2,1-5H3,(H,47,48)/t39-/m0/s1. The lowest BCUT2D eigenvalue weighted by atomic mass is 9.59. The number of esters is 1. The summed E-state index contributed by atoms with van der Waals surface area (Å²) >= 11 is 0. The molecule has 0 radical (unpaired) electrons. The van der Waals surface area contributed by atoms with Crippen LogP contribution in [-0.2, 0) is 11.3 Å². The molecular formula is C45H48FN5O5. The summed E-state index contributed by atoms with van der Waals surface area (Å²) in [4.78, 5) is 27.6. The Bertz CT molecular complexity index is 2420. The highest BCUT2D eigenvalue weighted by Crippen LogP contribution is 2.53. The zero-order valence-corrected chi connectivity index (χ0v) is 32.6. The van der Waals surface area contributed by atoms with Gasteiger partial charge in [-0.2, -0.15) is 0 Å². The van der Waals surface area contributed by atoms with Crippen LogP contribution in [0.3, 0.4) is 0 Å². The molecule has 3 aromatic heterocycles. The second kappa shape index (κ2) is 14.3. The van der Waals surface area contributed by atoms with Crippen LogP contribution in [0.5, 0.6) is 17.2 Å². The topological polar surface area (TPSA) is 96.3 Å². The third kappa shape index (κ3) is 6.56. The Morgan fingerprint density at radius 1 is 1.04 bits per heavy atom. The van der Waals surface area contributed by atoms with Crippen molar-refractivity contribution in [3.63, 3.8) is 0 Å². The Morgan fingerprint density at radius 2 is 1.86 bits per heavy atom. The fraction of sp³-hybridized carbons (Fsp3) is 0.378. The molecule has 11 heteroatoms. The van der Waals surface area contributed by atoms with Crippen molar-refractivity contribution < 1.29 is 27.8 Å². The molecule has 0 bridgehead atoms. The molecular weight excluding hydrogens is 710 g/mol. The first-order chi connectivity index (χ1) is 27.1. The zero-order valence-electron chi connectivity index (χ0n) is 32.6. The molecule has 3 aromatic carbocycles. The number of rotatable bonds is 10. The van der Waals surface area contributed by atoms with Crippen molar-refractivity contribution in [1.29, 1.82) is 0 Å². The largest absolute Gasteiger partial charge is 0.493 e. The van der Waals surface area contributed by atoms with Crippen molar-refractivity contribution in [2.24, 2.45) is 5.41 Å². The Morgan fingerprint density at radius 3 is 2.64 bits per heavy atom. The van der Waals surface area contributed by atoms with E-state index in [0.29, 0.717) is 46.1 Å². The van der Waals surface area contributed by atoms with Crippen LogP contribution in [-0.4, -0.2) is 78.7 Å². The summed E-state index contributed by atoms with van der Waals surface area (Å²) in [6.45, 7) is 12.3. The Balaban J connectivity index is 0.909. The van der Waals surface area contributed by atoms with Crippen LogP contribution in [0.15, 0.2) is 83.5 Å². The van der Waals surface area contributed by atoms with Gasteiger partial charge >= 0.3 is 5.97 Å². The van der Waals surface area contributed by atoms with E-state index in [9.17, 15) is 9.18 Å². The number of anilines is 1. The van der Waals surface area contributed by atoms with E-state index in [0.717, 1.165) is 80.3 Å². The number of carbonyl (C=O) groups excluding carboxylic acids is 1. The number of nitrogens with zero attached hydrogens (tertiary/aromatic N) is 4. The van der Waals surface area contributed by atoms with E-state index in [4.69, 9.17) is 18.6 Å². The maximum absolute atomic E-state index is 14.3. The molecule has 3 aliphatic rings. The van der Waals surface area contributed by atoms with Gasteiger partial charge in [-0.25, -0.2) is 14.2 Å². The molecule has 0 amide bonds. The fourth-order valence-electron chi connectivity index (χ4n) is 9.45. The first-order valence-corrected chi connectivity index (χ1v) is 19.5. The molecule has 0 unspecified atom stereocenters. The van der Waals surface area contributed by atoms with Gasteiger partial charge in [0.1, 0.15) is 34.3 Å². The van der Waals surface area contributed by atoms with Gasteiger partial charge in [0.15, 0.2) is 11.3 Å². The normalized spacial score (nSPS) is 18.8. The quantitative estimate of drug-likeness (QED) is 0.137. The first kappa shape index (κ1) is 36.3. The molecule has 2 aliphatic heterocycles. The van der Waals surface area contributed by atoms with Crippen molar-refractivity contribution in [3.8, 4) is 17.2 Å². The monoisotopic (exact) mass is 757 g/mol. The third-order valence-electron chi connectivity index (χ3n) is 12.2. The maximum atomic E-state index is 14.3. The second-order valence-electron chi connectivity index (χ2n) is 16.2. The highest BCUT2D eigenvalue weighted by molar-refractivity contribution is 5.93. The summed E-state index contributed by atoms with van der Waals surface area (Å²) in [7, 11) is 3.06. The van der Waals surface area contributed by atoms with E-state index in [1.807, 2.05) is 19.1 Å². The van der Waals surface area contributed by atoms with Gasteiger partial charge in [-0.3, -0.25) is 9.80 Å². The average Bonchev–Trinajstić information content (AvgIpc) is 3.74. The van der Waals surface area contributed by atoms with Crippen LogP contribution >= 0.6 is 0 Å². The number of benzene rings is 3. The summed E-state index contributed by atoms with van der Waals surface area (Å²) < 4.78 is 37.2. The minimum atomic E-state index is -0.502. The van der Waals surface area contributed by atoms with E-state index in [1.165, 1.54) is 36.2 Å². The summed E-state index contributed by atoms with van der Waals surface area (Å²) in [5.74, 6) is 1.87. The van der Waals surface area contributed by atoms with Gasteiger partial charge in [-0.15, -0.1) is 0 Å². The molecule has 6 aromatic rings. The number of H-pyrrole nitrogens is 1. The molecule has 1 saturated carbocycles. The second-order valence-corrected chi connectivity index (χ2v) is 16.2. The van der Waals surface area contributed by atoms with Crippen molar-refractivity contribution >= 4 is 33.7 Å². The van der Waals surface area contributed by atoms with Crippen LogP contribution < -0.4 is 14.4 Å². The Kier molecular flexibility index (Phi) is 9.25. The minimum absolute atomic E-state index is 0.251. The fourth-order valence-corrected chi connectivity index (χ4v) is 9.45. The number of hydrogen-bond acceptors (Lipinski definition) is 9. The SMILES string of the molecule is COC(=O)c1ccc(N2CC3(CC(N4CCN(Cc5cc(OC)c6oc(C)cc6c5)C[C@H]4c4ccccc4C(C)C)C3)C2)cc1Oc1cnc2[nH]cc(F)c2c1. The van der Waals surface area contributed by atoms with Crippen molar-refractivity contribution in [1.82, 2.24) is 19.8 Å². The highest BCUT2D eigenvalue weighted by Gasteiger charge is 2.55. The van der Waals surface area contributed by atoms with Gasteiger partial charge in [-0.1, -0.05) is 38.1 Å². The van der Waals surface area contributed by atoms with E-state index >= 15 is 0 Å². The molecule has 2 saturated heterocycles. The number of pyridine rings is 1. The number of aromatic amines is 1. The Labute approximate surface area is 326 Å². The summed E-state index contributed by atoms with van der Waals surface area (Å²) in [6, 6.07) is 23.4. The number of fused-ring (bicyclic) bond motifs is 2. The number of piperazine rings is 1. The van der Waals surface area contributed by atoms with Gasteiger partial charge in [0.2, 0.25) is 0 Å². The molecule has 56 heavy (non-hydrogen) atoms. The lowest BCUT2D eigenvalue weighted by molar-refractivity contribution is -0.0647. The van der Waals surface area contributed by atoms with Crippen LogP contribution in [0.1, 0.15) is 71.5 Å². The van der Waals surface area contributed by atoms with Gasteiger partial charge in [0, 0.05) is 80.1 Å². The number of nitrogens with one attached hydrogen (secondary N) is 1. The number of carbonyl (C=O) groups is 1.